The topological polar surface area (TPSA) is 77.6 Å². The van der Waals surface area contributed by atoms with E-state index in [1.165, 1.54) is 5.56 Å². The quantitative estimate of drug-likeness (QED) is 0.459. The monoisotopic (exact) mass is 521 g/mol. The Balaban J connectivity index is 1.27. The number of nitrogens with one attached hydrogen (secondary N) is 2. The van der Waals surface area contributed by atoms with Gasteiger partial charge in [0.2, 0.25) is 0 Å². The minimum Gasteiger partial charge on any atom is -0.353 e. The molecular weight excluding hydrogens is 494 g/mol. The van der Waals surface area contributed by atoms with Gasteiger partial charge in [0.1, 0.15) is 5.82 Å². The van der Waals surface area contributed by atoms with Gasteiger partial charge in [-0.3, -0.25) is 4.79 Å². The fourth-order valence-corrected chi connectivity index (χ4v) is 4.07. The Morgan fingerprint density at radius 1 is 0.853 bits per heavy atom. The molecule has 2 aromatic carbocycles. The summed E-state index contributed by atoms with van der Waals surface area (Å²) in [4.78, 5) is 33.6. The van der Waals surface area contributed by atoms with E-state index in [1.807, 2.05) is 65.6 Å². The van der Waals surface area contributed by atoms with Gasteiger partial charge >= 0.3 is 6.03 Å². The number of halogens is 1. The molecule has 0 atom stereocenters. The second-order valence-corrected chi connectivity index (χ2v) is 9.46. The van der Waals surface area contributed by atoms with Crippen LogP contribution in [-0.4, -0.2) is 48.0 Å². The molecule has 1 aliphatic heterocycles. The highest BCUT2D eigenvalue weighted by Crippen LogP contribution is 2.20. The summed E-state index contributed by atoms with van der Waals surface area (Å²) in [5.41, 5.74) is 3.27. The molecule has 7 nitrogen and oxygen atoms in total. The maximum atomic E-state index is 12.7. The summed E-state index contributed by atoms with van der Waals surface area (Å²) in [6, 6.07) is 18.7. The Morgan fingerprint density at radius 2 is 1.47 bits per heavy atom. The lowest BCUT2D eigenvalue weighted by molar-refractivity contribution is 0.0746. The van der Waals surface area contributed by atoms with Crippen LogP contribution in [0.3, 0.4) is 0 Å². The first kappa shape index (κ1) is 23.8. The third-order valence-corrected chi connectivity index (χ3v) is 6.35. The van der Waals surface area contributed by atoms with Crippen molar-refractivity contribution in [3.63, 3.8) is 0 Å². The van der Waals surface area contributed by atoms with E-state index in [0.29, 0.717) is 43.3 Å². The van der Waals surface area contributed by atoms with Gasteiger partial charge in [-0.1, -0.05) is 41.9 Å². The molecule has 0 radical (unpaired) electrons. The van der Waals surface area contributed by atoms with Gasteiger partial charge in [0.15, 0.2) is 0 Å². The van der Waals surface area contributed by atoms with Crippen molar-refractivity contribution in [2.24, 2.45) is 0 Å². The minimum absolute atomic E-state index is 0.0458. The van der Waals surface area contributed by atoms with Crippen molar-refractivity contribution < 1.29 is 9.59 Å². The number of anilines is 3. The molecule has 1 fully saturated rings. The first-order valence-electron chi connectivity index (χ1n) is 11.3. The fourth-order valence-electron chi connectivity index (χ4n) is 3.81. The van der Waals surface area contributed by atoms with Crippen molar-refractivity contribution in [2.45, 2.75) is 19.8 Å². The zero-order valence-electron chi connectivity index (χ0n) is 19.3. The number of carbonyl (C=O) groups excluding carboxylic acids is 2. The second kappa shape index (κ2) is 10.7. The summed E-state index contributed by atoms with van der Waals surface area (Å²) >= 11 is 3.40. The van der Waals surface area contributed by atoms with Crippen LogP contribution in [0.4, 0.5) is 22.0 Å². The molecular formula is C26H28BrN5O2. The van der Waals surface area contributed by atoms with Crippen molar-refractivity contribution in [3.8, 4) is 0 Å². The first-order valence-corrected chi connectivity index (χ1v) is 12.1. The number of nitrogens with zero attached hydrogens (tertiary/aromatic N) is 3. The summed E-state index contributed by atoms with van der Waals surface area (Å²) in [5.74, 6) is 1.32. The van der Waals surface area contributed by atoms with Crippen LogP contribution in [0.1, 0.15) is 35.7 Å². The number of hydrogen-bond donors (Lipinski definition) is 2. The predicted octanol–water partition coefficient (Wildman–Crippen LogP) is 5.57. The molecule has 34 heavy (non-hydrogen) atoms. The van der Waals surface area contributed by atoms with Crippen LogP contribution in [0.2, 0.25) is 0 Å². The highest BCUT2D eigenvalue weighted by molar-refractivity contribution is 9.10. The molecule has 3 aromatic rings. The predicted molar refractivity (Wildman–Crippen MR) is 140 cm³/mol. The average molecular weight is 522 g/mol. The van der Waals surface area contributed by atoms with E-state index in [9.17, 15) is 9.59 Å². The number of hydrogen-bond acceptors (Lipinski definition) is 4. The van der Waals surface area contributed by atoms with Crippen LogP contribution in [0.15, 0.2) is 71.3 Å². The number of rotatable bonds is 5. The standard InChI is InChI=1S/C26H28BrN5O2/c1-18(2)19-5-9-22(10-6-19)29-26(34)30-23-11-12-24(28-17-23)31-13-15-32(16-14-31)25(33)20-3-7-21(27)8-4-20/h3-12,17-18H,13-16H2,1-2H3,(H2,29,30,34). The third kappa shape index (κ3) is 5.94. The van der Waals surface area contributed by atoms with Crippen LogP contribution in [-0.2, 0) is 0 Å². The van der Waals surface area contributed by atoms with Gasteiger partial charge in [0.25, 0.3) is 5.91 Å². The van der Waals surface area contributed by atoms with Gasteiger partial charge in [0.05, 0.1) is 11.9 Å². The number of pyridine rings is 1. The van der Waals surface area contributed by atoms with E-state index < -0.39 is 0 Å². The normalized spacial score (nSPS) is 13.6. The molecule has 176 valence electrons. The lowest BCUT2D eigenvalue weighted by atomic mass is 10.0. The van der Waals surface area contributed by atoms with Crippen LogP contribution in [0, 0.1) is 0 Å². The number of piperazine rings is 1. The lowest BCUT2D eigenvalue weighted by Gasteiger charge is -2.35. The highest BCUT2D eigenvalue weighted by atomic mass is 79.9. The molecule has 2 heterocycles. The van der Waals surface area contributed by atoms with Crippen LogP contribution < -0.4 is 15.5 Å². The van der Waals surface area contributed by atoms with Crippen LogP contribution in [0.5, 0.6) is 0 Å². The molecule has 0 saturated carbocycles. The van der Waals surface area contributed by atoms with Crippen molar-refractivity contribution in [3.05, 3.63) is 82.5 Å². The van der Waals surface area contributed by atoms with Crippen molar-refractivity contribution in [1.29, 1.82) is 0 Å². The van der Waals surface area contributed by atoms with Crippen LogP contribution in [0.25, 0.3) is 0 Å². The smallest absolute Gasteiger partial charge is 0.323 e. The summed E-state index contributed by atoms with van der Waals surface area (Å²) in [6.07, 6.45) is 1.65. The van der Waals surface area contributed by atoms with Crippen molar-refractivity contribution >= 4 is 45.1 Å². The number of aromatic nitrogens is 1. The van der Waals surface area contributed by atoms with Gasteiger partial charge < -0.3 is 20.4 Å². The maximum Gasteiger partial charge on any atom is 0.323 e. The molecule has 1 saturated heterocycles. The molecule has 4 rings (SSSR count). The van der Waals surface area contributed by atoms with Gasteiger partial charge in [-0.25, -0.2) is 9.78 Å². The number of urea groups is 1. The molecule has 1 aromatic heterocycles. The fraction of sp³-hybridized carbons (Fsp3) is 0.269. The lowest BCUT2D eigenvalue weighted by Crippen LogP contribution is -2.49. The van der Waals surface area contributed by atoms with Crippen LogP contribution >= 0.6 is 15.9 Å². The molecule has 8 heteroatoms. The summed E-state index contributed by atoms with van der Waals surface area (Å²) < 4.78 is 0.954. The van der Waals surface area contributed by atoms with E-state index in [4.69, 9.17) is 0 Å². The zero-order chi connectivity index (χ0) is 24.1. The van der Waals surface area contributed by atoms with Crippen molar-refractivity contribution in [2.75, 3.05) is 41.7 Å². The Morgan fingerprint density at radius 3 is 2.06 bits per heavy atom. The Bertz CT molecular complexity index is 1120. The number of carbonyl (C=O) groups is 2. The largest absolute Gasteiger partial charge is 0.353 e. The molecule has 0 unspecified atom stereocenters. The molecule has 0 aliphatic carbocycles. The minimum atomic E-state index is -0.313. The molecule has 0 spiro atoms. The zero-order valence-corrected chi connectivity index (χ0v) is 20.9. The first-order chi connectivity index (χ1) is 16.4. The molecule has 0 bridgehead atoms. The molecule has 1 aliphatic rings. The average Bonchev–Trinajstić information content (AvgIpc) is 2.85. The maximum absolute atomic E-state index is 12.7. The summed E-state index contributed by atoms with van der Waals surface area (Å²) in [5, 5.41) is 5.65. The van der Waals surface area contributed by atoms with E-state index in [0.717, 1.165) is 16.0 Å². The third-order valence-electron chi connectivity index (χ3n) is 5.82. The Kier molecular flexibility index (Phi) is 7.47. The van der Waals surface area contributed by atoms with Gasteiger partial charge in [-0.2, -0.15) is 0 Å². The summed E-state index contributed by atoms with van der Waals surface area (Å²) in [7, 11) is 0. The molecule has 2 N–H and O–H groups in total. The van der Waals surface area contributed by atoms with Gasteiger partial charge in [-0.05, 0) is 60.0 Å². The van der Waals surface area contributed by atoms with E-state index in [1.54, 1.807) is 6.20 Å². The van der Waals surface area contributed by atoms with Gasteiger partial charge in [0, 0.05) is 41.9 Å². The molecule has 3 amide bonds. The second-order valence-electron chi connectivity index (χ2n) is 8.55. The Hall–Kier alpha value is -3.39. The SMILES string of the molecule is CC(C)c1ccc(NC(=O)Nc2ccc(N3CCN(C(=O)c4ccc(Br)cc4)CC3)nc2)cc1. The van der Waals surface area contributed by atoms with E-state index >= 15 is 0 Å². The van der Waals surface area contributed by atoms with Gasteiger partial charge in [-0.15, -0.1) is 0 Å². The number of benzene rings is 2. The van der Waals surface area contributed by atoms with Crippen molar-refractivity contribution in [1.82, 2.24) is 9.88 Å². The Labute approximate surface area is 208 Å². The highest BCUT2D eigenvalue weighted by Gasteiger charge is 2.22. The number of amides is 3. The summed E-state index contributed by atoms with van der Waals surface area (Å²) in [6.45, 7) is 6.94. The van der Waals surface area contributed by atoms with E-state index in [2.05, 4.69) is 50.3 Å². The van der Waals surface area contributed by atoms with E-state index in [-0.39, 0.29) is 11.9 Å².